The lowest BCUT2D eigenvalue weighted by atomic mass is 9.86. The first-order valence-corrected chi connectivity index (χ1v) is 6.76. The highest BCUT2D eigenvalue weighted by Crippen LogP contribution is 2.46. The summed E-state index contributed by atoms with van der Waals surface area (Å²) in [4.78, 5) is 13.9. The molecular formula is C13H20FNO2. The number of carbonyl (C=O) groups excluding carboxylic acids is 1. The Morgan fingerprint density at radius 1 is 1.47 bits per heavy atom. The highest BCUT2D eigenvalue weighted by Gasteiger charge is 2.57. The molecule has 4 heteroatoms. The SMILES string of the molecule is CC[C@@H]1C[C@H]2CC[C@@H]([C@@H]1F)N2C(=O)C1(O)CC1. The van der Waals surface area contributed by atoms with E-state index >= 15 is 0 Å². The molecule has 1 amide bonds. The maximum atomic E-state index is 14.3. The molecule has 0 unspecified atom stereocenters. The fourth-order valence-electron chi connectivity index (χ4n) is 3.53. The van der Waals surface area contributed by atoms with Gasteiger partial charge in [-0.05, 0) is 38.0 Å². The first-order chi connectivity index (χ1) is 8.07. The van der Waals surface area contributed by atoms with Crippen molar-refractivity contribution in [2.24, 2.45) is 5.92 Å². The van der Waals surface area contributed by atoms with Gasteiger partial charge in [0.25, 0.3) is 5.91 Å². The molecule has 2 aliphatic heterocycles. The van der Waals surface area contributed by atoms with E-state index in [1.54, 1.807) is 4.90 Å². The van der Waals surface area contributed by atoms with Gasteiger partial charge in [0.1, 0.15) is 11.8 Å². The molecule has 2 saturated heterocycles. The summed E-state index contributed by atoms with van der Waals surface area (Å²) in [5.41, 5.74) is -1.14. The maximum absolute atomic E-state index is 14.3. The standard InChI is InChI=1S/C13H20FNO2/c1-2-8-7-9-3-4-10(11(8)14)15(9)12(16)13(17)5-6-13/h8-11,17H,2-7H2,1H3/t8-,9-,10+,11-/m1/s1. The number of fused-ring (bicyclic) bond motifs is 2. The molecule has 4 atom stereocenters. The third kappa shape index (κ3) is 1.60. The van der Waals surface area contributed by atoms with Crippen molar-refractivity contribution in [3.8, 4) is 0 Å². The molecule has 0 aromatic carbocycles. The van der Waals surface area contributed by atoms with Crippen LogP contribution in [0.5, 0.6) is 0 Å². The molecule has 3 aliphatic rings. The van der Waals surface area contributed by atoms with Crippen LogP contribution in [-0.2, 0) is 4.79 Å². The van der Waals surface area contributed by atoms with Gasteiger partial charge in [-0.3, -0.25) is 4.79 Å². The molecule has 3 rings (SSSR count). The number of amides is 1. The maximum Gasteiger partial charge on any atom is 0.255 e. The quantitative estimate of drug-likeness (QED) is 0.798. The van der Waals surface area contributed by atoms with E-state index in [-0.39, 0.29) is 23.9 Å². The zero-order valence-electron chi connectivity index (χ0n) is 10.2. The van der Waals surface area contributed by atoms with Gasteiger partial charge in [0, 0.05) is 6.04 Å². The topological polar surface area (TPSA) is 40.5 Å². The van der Waals surface area contributed by atoms with Gasteiger partial charge in [0.05, 0.1) is 6.04 Å². The normalized spacial score (nSPS) is 42.6. The molecule has 1 aliphatic carbocycles. The van der Waals surface area contributed by atoms with Gasteiger partial charge in [-0.15, -0.1) is 0 Å². The molecule has 0 aromatic heterocycles. The van der Waals surface area contributed by atoms with Gasteiger partial charge >= 0.3 is 0 Å². The first-order valence-electron chi connectivity index (χ1n) is 6.76. The zero-order valence-corrected chi connectivity index (χ0v) is 10.2. The highest BCUT2D eigenvalue weighted by molar-refractivity contribution is 5.88. The summed E-state index contributed by atoms with van der Waals surface area (Å²) in [5, 5.41) is 9.91. The number of aliphatic hydroxyl groups is 1. The Labute approximate surface area is 101 Å². The second kappa shape index (κ2) is 3.67. The van der Waals surface area contributed by atoms with Crippen LogP contribution in [-0.4, -0.2) is 39.8 Å². The molecule has 2 heterocycles. The van der Waals surface area contributed by atoms with E-state index in [1.807, 2.05) is 6.92 Å². The van der Waals surface area contributed by atoms with E-state index in [0.717, 1.165) is 25.7 Å². The van der Waals surface area contributed by atoms with Crippen molar-refractivity contribution >= 4 is 5.91 Å². The van der Waals surface area contributed by atoms with Crippen LogP contribution in [0.3, 0.4) is 0 Å². The molecule has 3 nitrogen and oxygen atoms in total. The van der Waals surface area contributed by atoms with Gasteiger partial charge in [-0.25, -0.2) is 4.39 Å². The van der Waals surface area contributed by atoms with Crippen molar-refractivity contribution < 1.29 is 14.3 Å². The summed E-state index contributed by atoms with van der Waals surface area (Å²) in [7, 11) is 0. The monoisotopic (exact) mass is 241 g/mol. The van der Waals surface area contributed by atoms with E-state index in [9.17, 15) is 14.3 Å². The fourth-order valence-corrected chi connectivity index (χ4v) is 3.53. The number of nitrogens with zero attached hydrogens (tertiary/aromatic N) is 1. The smallest absolute Gasteiger partial charge is 0.255 e. The fraction of sp³-hybridized carbons (Fsp3) is 0.923. The van der Waals surface area contributed by atoms with Crippen molar-refractivity contribution in [2.45, 2.75) is 69.3 Å². The third-order valence-electron chi connectivity index (χ3n) is 4.82. The summed E-state index contributed by atoms with van der Waals surface area (Å²) in [5.74, 6) is -0.104. The van der Waals surface area contributed by atoms with Gasteiger partial charge < -0.3 is 10.0 Å². The first kappa shape index (κ1) is 11.5. The lowest BCUT2D eigenvalue weighted by Crippen LogP contribution is -2.55. The highest BCUT2D eigenvalue weighted by atomic mass is 19.1. The van der Waals surface area contributed by atoms with Crippen LogP contribution in [0.1, 0.15) is 45.4 Å². The predicted molar refractivity (Wildman–Crippen MR) is 61.1 cm³/mol. The summed E-state index contributed by atoms with van der Waals surface area (Å²) in [6.07, 6.45) is 3.50. The van der Waals surface area contributed by atoms with Crippen molar-refractivity contribution in [2.75, 3.05) is 0 Å². The van der Waals surface area contributed by atoms with Crippen LogP contribution in [0.25, 0.3) is 0 Å². The number of hydrogen-bond acceptors (Lipinski definition) is 2. The average Bonchev–Trinajstić information content (AvgIpc) is 2.97. The number of hydrogen-bond donors (Lipinski definition) is 1. The number of halogens is 1. The summed E-state index contributed by atoms with van der Waals surface area (Å²) < 4.78 is 14.3. The predicted octanol–water partition coefficient (Wildman–Crippen LogP) is 1.64. The Balaban J connectivity index is 1.81. The molecule has 1 N–H and O–H groups in total. The zero-order chi connectivity index (χ0) is 12.2. The Bertz CT molecular complexity index is 342. The molecule has 0 aromatic rings. The summed E-state index contributed by atoms with van der Waals surface area (Å²) in [6.45, 7) is 2.02. The van der Waals surface area contributed by atoms with Crippen LogP contribution in [0, 0.1) is 5.92 Å². The van der Waals surface area contributed by atoms with Crippen molar-refractivity contribution in [3.05, 3.63) is 0 Å². The van der Waals surface area contributed by atoms with Crippen LogP contribution in [0.2, 0.25) is 0 Å². The van der Waals surface area contributed by atoms with E-state index in [0.29, 0.717) is 12.8 Å². The number of piperidine rings is 1. The van der Waals surface area contributed by atoms with Crippen molar-refractivity contribution in [1.29, 1.82) is 0 Å². The van der Waals surface area contributed by atoms with Gasteiger partial charge in [0.2, 0.25) is 0 Å². The molecule has 0 spiro atoms. The number of carbonyl (C=O) groups is 1. The lowest BCUT2D eigenvalue weighted by Gasteiger charge is -2.42. The van der Waals surface area contributed by atoms with Crippen LogP contribution < -0.4 is 0 Å². The Morgan fingerprint density at radius 3 is 2.76 bits per heavy atom. The van der Waals surface area contributed by atoms with Gasteiger partial charge in [-0.1, -0.05) is 13.3 Å². The third-order valence-corrected chi connectivity index (χ3v) is 4.82. The molecule has 1 saturated carbocycles. The molecule has 0 radical (unpaired) electrons. The minimum absolute atomic E-state index is 0.102. The Hall–Kier alpha value is -0.640. The molecular weight excluding hydrogens is 221 g/mol. The van der Waals surface area contributed by atoms with E-state index in [2.05, 4.69) is 0 Å². The average molecular weight is 241 g/mol. The Morgan fingerprint density at radius 2 is 2.18 bits per heavy atom. The van der Waals surface area contributed by atoms with Crippen molar-refractivity contribution in [3.63, 3.8) is 0 Å². The van der Waals surface area contributed by atoms with E-state index in [4.69, 9.17) is 0 Å². The van der Waals surface area contributed by atoms with Gasteiger partial charge in [-0.2, -0.15) is 0 Å². The lowest BCUT2D eigenvalue weighted by molar-refractivity contribution is -0.150. The van der Waals surface area contributed by atoms with Crippen LogP contribution in [0.15, 0.2) is 0 Å². The van der Waals surface area contributed by atoms with E-state index in [1.165, 1.54) is 0 Å². The second-order valence-corrected chi connectivity index (χ2v) is 5.89. The van der Waals surface area contributed by atoms with Gasteiger partial charge in [0.15, 0.2) is 0 Å². The molecule has 3 fully saturated rings. The Kier molecular flexibility index (Phi) is 2.47. The second-order valence-electron chi connectivity index (χ2n) is 5.89. The molecule has 96 valence electrons. The van der Waals surface area contributed by atoms with Crippen molar-refractivity contribution in [1.82, 2.24) is 4.90 Å². The molecule has 2 bridgehead atoms. The van der Waals surface area contributed by atoms with Crippen LogP contribution >= 0.6 is 0 Å². The van der Waals surface area contributed by atoms with E-state index < -0.39 is 11.8 Å². The molecule has 17 heavy (non-hydrogen) atoms. The van der Waals surface area contributed by atoms with Crippen LogP contribution in [0.4, 0.5) is 4.39 Å². The summed E-state index contributed by atoms with van der Waals surface area (Å²) >= 11 is 0. The largest absolute Gasteiger partial charge is 0.380 e. The number of rotatable bonds is 2. The minimum atomic E-state index is -1.14. The number of alkyl halides is 1. The summed E-state index contributed by atoms with van der Waals surface area (Å²) in [6, 6.07) is -0.0927. The minimum Gasteiger partial charge on any atom is -0.380 e.